The van der Waals surface area contributed by atoms with Gasteiger partial charge in [-0.15, -0.1) is 0 Å². The van der Waals surface area contributed by atoms with E-state index in [0.29, 0.717) is 17.6 Å². The van der Waals surface area contributed by atoms with Crippen LogP contribution in [0.4, 0.5) is 0 Å². The molecule has 1 aromatic carbocycles. The number of ether oxygens (including phenoxy) is 2. The second kappa shape index (κ2) is 5.23. The van der Waals surface area contributed by atoms with Crippen molar-refractivity contribution in [1.29, 1.82) is 5.26 Å². The van der Waals surface area contributed by atoms with Gasteiger partial charge in [-0.05, 0) is 12.1 Å². The van der Waals surface area contributed by atoms with E-state index in [1.807, 2.05) is 6.07 Å². The second-order valence-corrected chi connectivity index (χ2v) is 3.01. The molecule has 0 bridgehead atoms. The lowest BCUT2D eigenvalue weighted by Crippen LogP contribution is -1.98. The number of carbonyl (C=O) groups excluding carboxylic acids is 1. The van der Waals surface area contributed by atoms with E-state index in [2.05, 4.69) is 0 Å². The molecule has 0 unspecified atom stereocenters. The number of nitrogens with zero attached hydrogens (tertiary/aromatic N) is 1. The van der Waals surface area contributed by atoms with Crippen LogP contribution in [-0.2, 0) is 0 Å². The number of hydrogen-bond donors (Lipinski definition) is 0. The van der Waals surface area contributed by atoms with Crippen LogP contribution < -0.4 is 9.47 Å². The number of nitriles is 1. The van der Waals surface area contributed by atoms with Gasteiger partial charge in [0.2, 0.25) is 0 Å². The first-order valence-electron chi connectivity index (χ1n) is 4.05. The molecule has 0 aromatic heterocycles. The van der Waals surface area contributed by atoms with Crippen LogP contribution in [0.2, 0.25) is 5.02 Å². The normalized spacial score (nSPS) is 9.13. The molecule has 0 N–H and O–H groups in total. The number of aldehydes is 1. The van der Waals surface area contributed by atoms with Gasteiger partial charge >= 0.3 is 0 Å². The zero-order valence-corrected chi connectivity index (χ0v) is 8.75. The Kier molecular flexibility index (Phi) is 3.95. The van der Waals surface area contributed by atoms with Crippen molar-refractivity contribution < 1.29 is 14.3 Å². The molecular formula is C10H8ClNO3. The van der Waals surface area contributed by atoms with Gasteiger partial charge in [-0.1, -0.05) is 11.6 Å². The summed E-state index contributed by atoms with van der Waals surface area (Å²) in [5, 5.41) is 8.61. The van der Waals surface area contributed by atoms with Gasteiger partial charge in [0.15, 0.2) is 18.1 Å². The highest BCUT2D eigenvalue weighted by Crippen LogP contribution is 2.35. The van der Waals surface area contributed by atoms with E-state index in [4.69, 9.17) is 26.3 Å². The summed E-state index contributed by atoms with van der Waals surface area (Å²) in [6.07, 6.45) is 0.655. The van der Waals surface area contributed by atoms with Crippen LogP contribution in [0.3, 0.4) is 0 Å². The Morgan fingerprint density at radius 2 is 2.33 bits per heavy atom. The minimum Gasteiger partial charge on any atom is -0.493 e. The molecule has 1 aromatic rings. The molecule has 0 fully saturated rings. The van der Waals surface area contributed by atoms with E-state index in [1.54, 1.807) is 0 Å². The lowest BCUT2D eigenvalue weighted by molar-refractivity contribution is 0.112. The minimum absolute atomic E-state index is 0.128. The first kappa shape index (κ1) is 11.3. The Balaban J connectivity index is 3.13. The van der Waals surface area contributed by atoms with Crippen molar-refractivity contribution >= 4 is 17.9 Å². The fraction of sp³-hybridized carbons (Fsp3) is 0.200. The quantitative estimate of drug-likeness (QED) is 0.736. The van der Waals surface area contributed by atoms with Crippen molar-refractivity contribution in [2.75, 3.05) is 13.7 Å². The number of hydrogen-bond acceptors (Lipinski definition) is 4. The maximum Gasteiger partial charge on any atom is 0.181 e. The lowest BCUT2D eigenvalue weighted by Gasteiger charge is -2.10. The molecule has 5 heteroatoms. The third-order valence-electron chi connectivity index (χ3n) is 1.67. The fourth-order valence-electron chi connectivity index (χ4n) is 1.05. The molecule has 0 radical (unpaired) electrons. The van der Waals surface area contributed by atoms with Crippen LogP contribution in [0, 0.1) is 11.3 Å². The predicted molar refractivity (Wildman–Crippen MR) is 54.5 cm³/mol. The van der Waals surface area contributed by atoms with Crippen molar-refractivity contribution in [1.82, 2.24) is 0 Å². The van der Waals surface area contributed by atoms with E-state index < -0.39 is 0 Å². The summed E-state index contributed by atoms with van der Waals surface area (Å²) in [7, 11) is 1.43. The largest absolute Gasteiger partial charge is 0.493 e. The van der Waals surface area contributed by atoms with E-state index >= 15 is 0 Å². The number of methoxy groups -OCH3 is 1. The summed E-state index contributed by atoms with van der Waals surface area (Å²) in [6.45, 7) is -0.128. The minimum atomic E-state index is -0.128. The van der Waals surface area contributed by atoms with E-state index in [-0.39, 0.29) is 17.4 Å². The fourth-order valence-corrected chi connectivity index (χ4v) is 1.33. The SMILES string of the molecule is COc1cc(C=O)cc(Cl)c1OCC#N. The highest BCUT2D eigenvalue weighted by molar-refractivity contribution is 6.32. The van der Waals surface area contributed by atoms with Crippen LogP contribution in [0.5, 0.6) is 11.5 Å². The first-order valence-corrected chi connectivity index (χ1v) is 4.43. The lowest BCUT2D eigenvalue weighted by atomic mass is 10.2. The Hall–Kier alpha value is -1.73. The topological polar surface area (TPSA) is 59.3 Å². The molecule has 0 amide bonds. The monoisotopic (exact) mass is 225 g/mol. The standard InChI is InChI=1S/C10H8ClNO3/c1-14-9-5-7(6-13)4-8(11)10(9)15-3-2-12/h4-6H,3H2,1H3. The third-order valence-corrected chi connectivity index (χ3v) is 1.95. The molecule has 0 saturated heterocycles. The molecule has 78 valence electrons. The van der Waals surface area contributed by atoms with Gasteiger partial charge in [-0.3, -0.25) is 4.79 Å². The van der Waals surface area contributed by atoms with Crippen LogP contribution >= 0.6 is 11.6 Å². The van der Waals surface area contributed by atoms with E-state index in [1.165, 1.54) is 19.2 Å². The Morgan fingerprint density at radius 1 is 1.60 bits per heavy atom. The molecule has 0 aliphatic rings. The van der Waals surface area contributed by atoms with Crippen LogP contribution in [0.15, 0.2) is 12.1 Å². The zero-order chi connectivity index (χ0) is 11.3. The average Bonchev–Trinajstić information content (AvgIpc) is 2.26. The molecule has 15 heavy (non-hydrogen) atoms. The molecule has 0 saturated carbocycles. The van der Waals surface area contributed by atoms with Gasteiger partial charge < -0.3 is 9.47 Å². The first-order chi connectivity index (χ1) is 7.22. The van der Waals surface area contributed by atoms with Gasteiger partial charge in [-0.25, -0.2) is 0 Å². The summed E-state index contributed by atoms with van der Waals surface area (Å²) in [5.41, 5.74) is 0.390. The van der Waals surface area contributed by atoms with Crippen molar-refractivity contribution in [3.8, 4) is 17.6 Å². The molecule has 0 heterocycles. The maximum absolute atomic E-state index is 10.5. The highest BCUT2D eigenvalue weighted by Gasteiger charge is 2.11. The molecule has 0 aliphatic carbocycles. The van der Waals surface area contributed by atoms with Crippen LogP contribution in [0.1, 0.15) is 10.4 Å². The predicted octanol–water partition coefficient (Wildman–Crippen LogP) is 2.06. The molecule has 0 spiro atoms. The van der Waals surface area contributed by atoms with Gasteiger partial charge in [0.1, 0.15) is 12.4 Å². The molecule has 0 aliphatic heterocycles. The van der Waals surface area contributed by atoms with Crippen molar-refractivity contribution in [3.63, 3.8) is 0 Å². The number of halogens is 1. The Morgan fingerprint density at radius 3 is 2.87 bits per heavy atom. The summed E-state index contributed by atoms with van der Waals surface area (Å²) in [4.78, 5) is 10.5. The van der Waals surface area contributed by atoms with E-state index in [0.717, 1.165) is 0 Å². The number of carbonyl (C=O) groups is 1. The van der Waals surface area contributed by atoms with Gasteiger partial charge in [0.05, 0.1) is 12.1 Å². The highest BCUT2D eigenvalue weighted by atomic mass is 35.5. The number of rotatable bonds is 4. The summed E-state index contributed by atoms with van der Waals surface area (Å²) >= 11 is 5.85. The zero-order valence-electron chi connectivity index (χ0n) is 7.99. The maximum atomic E-state index is 10.5. The van der Waals surface area contributed by atoms with Crippen molar-refractivity contribution in [3.05, 3.63) is 22.7 Å². The molecule has 4 nitrogen and oxygen atoms in total. The Bertz CT molecular complexity index is 412. The Labute approximate surface area is 92.0 Å². The third kappa shape index (κ3) is 2.61. The average molecular weight is 226 g/mol. The second-order valence-electron chi connectivity index (χ2n) is 2.60. The van der Waals surface area contributed by atoms with E-state index in [9.17, 15) is 4.79 Å². The van der Waals surface area contributed by atoms with Crippen LogP contribution in [0.25, 0.3) is 0 Å². The molecular weight excluding hydrogens is 218 g/mol. The van der Waals surface area contributed by atoms with Gasteiger partial charge in [-0.2, -0.15) is 5.26 Å². The van der Waals surface area contributed by atoms with Crippen molar-refractivity contribution in [2.45, 2.75) is 0 Å². The van der Waals surface area contributed by atoms with Crippen molar-refractivity contribution in [2.24, 2.45) is 0 Å². The van der Waals surface area contributed by atoms with Gasteiger partial charge in [0, 0.05) is 5.56 Å². The summed E-state index contributed by atoms with van der Waals surface area (Å²) in [6, 6.07) is 4.76. The van der Waals surface area contributed by atoms with Crippen LogP contribution in [-0.4, -0.2) is 20.0 Å². The smallest absolute Gasteiger partial charge is 0.181 e. The summed E-state index contributed by atoms with van der Waals surface area (Å²) in [5.74, 6) is 0.603. The summed E-state index contributed by atoms with van der Waals surface area (Å²) < 4.78 is 10.1. The van der Waals surface area contributed by atoms with Gasteiger partial charge in [0.25, 0.3) is 0 Å². The molecule has 1 rings (SSSR count). The molecule has 0 atom stereocenters. The number of benzene rings is 1.